The summed E-state index contributed by atoms with van der Waals surface area (Å²) < 4.78 is 1.05. The summed E-state index contributed by atoms with van der Waals surface area (Å²) in [6, 6.07) is 4.72. The number of thioether (sulfide) groups is 2. The maximum absolute atomic E-state index is 4.53. The second kappa shape index (κ2) is 8.06. The van der Waals surface area contributed by atoms with Crippen LogP contribution in [0.4, 0.5) is 0 Å². The molecule has 4 atom stereocenters. The molecule has 20 heavy (non-hydrogen) atoms. The van der Waals surface area contributed by atoms with Crippen molar-refractivity contribution in [2.24, 2.45) is 0 Å². The minimum atomic E-state index is 0.515. The Balaban J connectivity index is 2.01. The summed E-state index contributed by atoms with van der Waals surface area (Å²) >= 11 is 7.71. The SMILES string of the molecule is CCNC(Cc1ccc(Br)cn1)C1CSC(C)C(C)S1. The van der Waals surface area contributed by atoms with Crippen molar-refractivity contribution in [1.29, 1.82) is 0 Å². The minimum absolute atomic E-state index is 0.515. The Labute approximate surface area is 139 Å². The van der Waals surface area contributed by atoms with Crippen LogP contribution in [0.1, 0.15) is 26.5 Å². The smallest absolute Gasteiger partial charge is 0.0420 e. The maximum atomic E-state index is 4.53. The first-order valence-electron chi connectivity index (χ1n) is 7.21. The fourth-order valence-corrected chi connectivity index (χ4v) is 5.73. The molecule has 0 aliphatic carbocycles. The quantitative estimate of drug-likeness (QED) is 0.841. The van der Waals surface area contributed by atoms with Crippen LogP contribution in [0.5, 0.6) is 0 Å². The van der Waals surface area contributed by atoms with Crippen LogP contribution in [0.25, 0.3) is 0 Å². The molecule has 1 aliphatic heterocycles. The Kier molecular flexibility index (Phi) is 6.72. The van der Waals surface area contributed by atoms with Gasteiger partial charge in [0, 0.05) is 50.3 Å². The van der Waals surface area contributed by atoms with Crippen molar-refractivity contribution in [3.8, 4) is 0 Å². The molecule has 0 amide bonds. The highest BCUT2D eigenvalue weighted by Gasteiger charge is 2.31. The predicted octanol–water partition coefficient (Wildman–Crippen LogP) is 3.99. The molecule has 1 aliphatic rings. The van der Waals surface area contributed by atoms with E-state index in [4.69, 9.17) is 0 Å². The summed E-state index contributed by atoms with van der Waals surface area (Å²) in [5, 5.41) is 5.84. The molecular weight excluding hydrogens is 352 g/mol. The Morgan fingerprint density at radius 3 is 2.80 bits per heavy atom. The van der Waals surface area contributed by atoms with E-state index in [9.17, 15) is 0 Å². The van der Waals surface area contributed by atoms with E-state index in [-0.39, 0.29) is 0 Å². The van der Waals surface area contributed by atoms with Gasteiger partial charge in [-0.05, 0) is 34.6 Å². The van der Waals surface area contributed by atoms with Gasteiger partial charge in [-0.15, -0.1) is 0 Å². The number of nitrogens with one attached hydrogen (secondary N) is 1. The summed E-state index contributed by atoms with van der Waals surface area (Å²) in [4.78, 5) is 4.53. The molecule has 4 unspecified atom stereocenters. The maximum Gasteiger partial charge on any atom is 0.0420 e. The van der Waals surface area contributed by atoms with E-state index in [1.165, 1.54) is 11.4 Å². The highest BCUT2D eigenvalue weighted by molar-refractivity contribution is 9.10. The first kappa shape index (κ1) is 16.7. The zero-order valence-electron chi connectivity index (χ0n) is 12.3. The number of pyridine rings is 1. The average Bonchev–Trinajstić information content (AvgIpc) is 2.44. The summed E-state index contributed by atoms with van der Waals surface area (Å²) in [5.41, 5.74) is 1.18. The number of halogens is 1. The fraction of sp³-hybridized carbons (Fsp3) is 0.667. The van der Waals surface area contributed by atoms with E-state index in [0.29, 0.717) is 11.3 Å². The molecule has 0 spiro atoms. The standard InChI is InChI=1S/C15H23BrN2S2/c1-4-17-14(7-13-6-5-12(16)8-18-13)15-9-19-10(2)11(3)20-15/h5-6,8,10-11,14-15,17H,4,7,9H2,1-3H3. The molecule has 2 nitrogen and oxygen atoms in total. The molecule has 1 N–H and O–H groups in total. The van der Waals surface area contributed by atoms with Crippen molar-refractivity contribution in [1.82, 2.24) is 10.3 Å². The number of hydrogen-bond acceptors (Lipinski definition) is 4. The van der Waals surface area contributed by atoms with Crippen LogP contribution in [0, 0.1) is 0 Å². The molecule has 1 saturated heterocycles. The minimum Gasteiger partial charge on any atom is -0.313 e. The summed E-state index contributed by atoms with van der Waals surface area (Å²) in [5.74, 6) is 1.24. The van der Waals surface area contributed by atoms with E-state index in [2.05, 4.69) is 82.7 Å². The van der Waals surface area contributed by atoms with Crippen molar-refractivity contribution in [2.45, 2.75) is 49.0 Å². The largest absolute Gasteiger partial charge is 0.313 e. The Hall–Kier alpha value is 0.290. The van der Waals surface area contributed by atoms with Gasteiger partial charge in [0.1, 0.15) is 0 Å². The fourth-order valence-electron chi connectivity index (χ4n) is 2.37. The monoisotopic (exact) mass is 374 g/mol. The average molecular weight is 375 g/mol. The number of nitrogens with zero attached hydrogens (tertiary/aromatic N) is 1. The van der Waals surface area contributed by atoms with Gasteiger partial charge in [0.15, 0.2) is 0 Å². The van der Waals surface area contributed by atoms with Gasteiger partial charge in [-0.25, -0.2) is 0 Å². The third-order valence-electron chi connectivity index (χ3n) is 3.71. The first-order valence-corrected chi connectivity index (χ1v) is 9.99. The van der Waals surface area contributed by atoms with Crippen LogP contribution >= 0.6 is 39.5 Å². The van der Waals surface area contributed by atoms with E-state index in [0.717, 1.165) is 27.9 Å². The van der Waals surface area contributed by atoms with Gasteiger partial charge in [0.05, 0.1) is 0 Å². The molecule has 5 heteroatoms. The van der Waals surface area contributed by atoms with Crippen LogP contribution in [0.2, 0.25) is 0 Å². The summed E-state index contributed by atoms with van der Waals surface area (Å²) in [7, 11) is 0. The second-order valence-corrected chi connectivity index (χ2v) is 9.20. The molecule has 2 heterocycles. The van der Waals surface area contributed by atoms with Crippen molar-refractivity contribution < 1.29 is 0 Å². The molecular formula is C15H23BrN2S2. The molecule has 0 aromatic carbocycles. The number of aromatic nitrogens is 1. The zero-order valence-corrected chi connectivity index (χ0v) is 15.5. The van der Waals surface area contributed by atoms with Crippen LogP contribution < -0.4 is 5.32 Å². The van der Waals surface area contributed by atoms with Crippen molar-refractivity contribution in [3.05, 3.63) is 28.5 Å². The molecule has 1 aromatic heterocycles. The molecule has 112 valence electrons. The van der Waals surface area contributed by atoms with Gasteiger partial charge in [0.25, 0.3) is 0 Å². The number of hydrogen-bond donors (Lipinski definition) is 1. The van der Waals surface area contributed by atoms with Gasteiger partial charge in [-0.3, -0.25) is 4.98 Å². The highest BCUT2D eigenvalue weighted by Crippen LogP contribution is 2.37. The lowest BCUT2D eigenvalue weighted by molar-refractivity contribution is 0.515. The van der Waals surface area contributed by atoms with E-state index >= 15 is 0 Å². The van der Waals surface area contributed by atoms with Gasteiger partial charge in [0.2, 0.25) is 0 Å². The Morgan fingerprint density at radius 1 is 1.40 bits per heavy atom. The van der Waals surface area contributed by atoms with Crippen molar-refractivity contribution in [2.75, 3.05) is 12.3 Å². The normalized spacial score (nSPS) is 28.3. The lowest BCUT2D eigenvalue weighted by Gasteiger charge is -2.36. The zero-order chi connectivity index (χ0) is 14.5. The third kappa shape index (κ3) is 4.65. The van der Waals surface area contributed by atoms with Gasteiger partial charge in [-0.2, -0.15) is 23.5 Å². The summed E-state index contributed by atoms with van der Waals surface area (Å²) in [6.45, 7) is 7.91. The highest BCUT2D eigenvalue weighted by atomic mass is 79.9. The van der Waals surface area contributed by atoms with Crippen LogP contribution in [-0.2, 0) is 6.42 Å². The first-order chi connectivity index (χ1) is 9.60. The predicted molar refractivity (Wildman–Crippen MR) is 95.9 cm³/mol. The Morgan fingerprint density at radius 2 is 2.20 bits per heavy atom. The van der Waals surface area contributed by atoms with E-state index < -0.39 is 0 Å². The molecule has 1 fully saturated rings. The van der Waals surface area contributed by atoms with Gasteiger partial charge in [-0.1, -0.05) is 20.8 Å². The Bertz CT molecular complexity index is 413. The molecule has 2 rings (SSSR count). The number of rotatable bonds is 5. The van der Waals surface area contributed by atoms with Gasteiger partial charge >= 0.3 is 0 Å². The van der Waals surface area contributed by atoms with Crippen LogP contribution in [0.3, 0.4) is 0 Å². The molecule has 0 radical (unpaired) electrons. The topological polar surface area (TPSA) is 24.9 Å². The molecule has 1 aromatic rings. The lowest BCUT2D eigenvalue weighted by atomic mass is 10.1. The van der Waals surface area contributed by atoms with Crippen LogP contribution in [0.15, 0.2) is 22.8 Å². The molecule has 0 bridgehead atoms. The van der Waals surface area contributed by atoms with Crippen LogP contribution in [-0.4, -0.2) is 39.1 Å². The molecule has 0 saturated carbocycles. The second-order valence-electron chi connectivity index (χ2n) is 5.25. The van der Waals surface area contributed by atoms with E-state index in [1.54, 1.807) is 0 Å². The van der Waals surface area contributed by atoms with Gasteiger partial charge < -0.3 is 5.32 Å². The van der Waals surface area contributed by atoms with Crippen molar-refractivity contribution >= 4 is 39.5 Å². The van der Waals surface area contributed by atoms with E-state index in [1.807, 2.05) is 6.20 Å². The van der Waals surface area contributed by atoms with Crippen molar-refractivity contribution in [3.63, 3.8) is 0 Å². The lowest BCUT2D eigenvalue weighted by Crippen LogP contribution is -2.44. The number of likely N-dealkylation sites (N-methyl/N-ethyl adjacent to an activating group) is 1. The summed E-state index contributed by atoms with van der Waals surface area (Å²) in [6.07, 6.45) is 2.91. The third-order valence-corrected chi connectivity index (χ3v) is 7.73.